The molecule has 6 heteroatoms. The van der Waals surface area contributed by atoms with Crippen molar-refractivity contribution in [2.45, 2.75) is 6.54 Å². The van der Waals surface area contributed by atoms with Crippen LogP contribution in [-0.2, 0) is 6.54 Å². The van der Waals surface area contributed by atoms with E-state index in [4.69, 9.17) is 0 Å². The van der Waals surface area contributed by atoms with Gasteiger partial charge >= 0.3 is 0 Å². The molecular weight excluding hydrogens is 312 g/mol. The first-order chi connectivity index (χ1) is 9.06. The minimum Gasteiger partial charge on any atom is -0.508 e. The minimum absolute atomic E-state index is 0.0383. The number of nitrogens with zero attached hydrogens (tertiary/aromatic N) is 1. The van der Waals surface area contributed by atoms with Crippen LogP contribution in [0.2, 0.25) is 0 Å². The fraction of sp³-hybridized carbons (Fsp3) is 0.0769. The van der Waals surface area contributed by atoms with Crippen LogP contribution in [0.5, 0.6) is 5.75 Å². The summed E-state index contributed by atoms with van der Waals surface area (Å²) < 4.78 is 0.761. The summed E-state index contributed by atoms with van der Waals surface area (Å²) in [5.74, 6) is 0.209. The summed E-state index contributed by atoms with van der Waals surface area (Å²) in [6.45, 7) is 0.514. The molecule has 5 nitrogen and oxygen atoms in total. The zero-order valence-electron chi connectivity index (χ0n) is 9.84. The predicted octanol–water partition coefficient (Wildman–Crippen LogP) is 3.68. The van der Waals surface area contributed by atoms with E-state index in [0.717, 1.165) is 10.0 Å². The molecule has 0 atom stereocenters. The molecule has 2 aromatic carbocycles. The number of non-ortho nitro benzene ring substituents is 1. The summed E-state index contributed by atoms with van der Waals surface area (Å²) in [4.78, 5) is 10.3. The Balaban J connectivity index is 2.12. The van der Waals surface area contributed by atoms with E-state index >= 15 is 0 Å². The molecular formula is C13H11BrN2O3. The number of aromatic hydroxyl groups is 1. The topological polar surface area (TPSA) is 75.4 Å². The SMILES string of the molecule is O=[N+]([O-])c1ccc(Br)c(NCc2ccc(O)cc2)c1. The maximum absolute atomic E-state index is 10.7. The maximum atomic E-state index is 10.7. The first kappa shape index (κ1) is 13.4. The lowest BCUT2D eigenvalue weighted by Crippen LogP contribution is -2.00. The minimum atomic E-state index is -0.432. The Hall–Kier alpha value is -2.08. The summed E-state index contributed by atoms with van der Waals surface area (Å²) in [6.07, 6.45) is 0. The summed E-state index contributed by atoms with van der Waals surface area (Å²) in [5, 5.41) is 23.0. The van der Waals surface area contributed by atoms with Crippen LogP contribution >= 0.6 is 15.9 Å². The van der Waals surface area contributed by atoms with Gasteiger partial charge in [0.15, 0.2) is 0 Å². The lowest BCUT2D eigenvalue weighted by atomic mass is 10.2. The number of phenols is 1. The van der Waals surface area contributed by atoms with E-state index in [1.165, 1.54) is 12.1 Å². The zero-order chi connectivity index (χ0) is 13.8. The Labute approximate surface area is 118 Å². The van der Waals surface area contributed by atoms with Crippen LogP contribution in [0.1, 0.15) is 5.56 Å². The second kappa shape index (κ2) is 5.71. The largest absolute Gasteiger partial charge is 0.508 e. The van der Waals surface area contributed by atoms with E-state index in [1.807, 2.05) is 0 Å². The van der Waals surface area contributed by atoms with Gasteiger partial charge in [-0.3, -0.25) is 10.1 Å². The normalized spacial score (nSPS) is 10.2. The van der Waals surface area contributed by atoms with Gasteiger partial charge in [-0.2, -0.15) is 0 Å². The van der Waals surface area contributed by atoms with Crippen LogP contribution in [0.15, 0.2) is 46.9 Å². The fourth-order valence-electron chi connectivity index (χ4n) is 1.57. The molecule has 0 aliphatic carbocycles. The molecule has 0 aromatic heterocycles. The molecule has 0 saturated carbocycles. The van der Waals surface area contributed by atoms with Crippen molar-refractivity contribution in [2.75, 3.05) is 5.32 Å². The van der Waals surface area contributed by atoms with Crippen molar-refractivity contribution in [1.29, 1.82) is 0 Å². The second-order valence-electron chi connectivity index (χ2n) is 3.94. The van der Waals surface area contributed by atoms with Gasteiger partial charge in [0.1, 0.15) is 5.75 Å². The van der Waals surface area contributed by atoms with Crippen molar-refractivity contribution in [3.63, 3.8) is 0 Å². The third kappa shape index (κ3) is 3.45. The van der Waals surface area contributed by atoms with Crippen LogP contribution < -0.4 is 5.32 Å². The van der Waals surface area contributed by atoms with Gasteiger partial charge in [0.05, 0.1) is 10.6 Å². The lowest BCUT2D eigenvalue weighted by molar-refractivity contribution is -0.384. The number of halogens is 1. The third-order valence-electron chi connectivity index (χ3n) is 2.58. The number of hydrogen-bond acceptors (Lipinski definition) is 4. The van der Waals surface area contributed by atoms with Gasteiger partial charge in [-0.05, 0) is 39.7 Å². The van der Waals surface area contributed by atoms with Crippen molar-refractivity contribution in [3.8, 4) is 5.75 Å². The van der Waals surface area contributed by atoms with Crippen LogP contribution in [0, 0.1) is 10.1 Å². The standard InChI is InChI=1S/C13H11BrN2O3/c14-12-6-3-10(16(18)19)7-13(12)15-8-9-1-4-11(17)5-2-9/h1-7,15,17H,8H2. The third-order valence-corrected chi connectivity index (χ3v) is 3.27. The van der Waals surface area contributed by atoms with Crippen molar-refractivity contribution in [2.24, 2.45) is 0 Å². The van der Waals surface area contributed by atoms with Crippen molar-refractivity contribution in [3.05, 3.63) is 62.6 Å². The Kier molecular flexibility index (Phi) is 4.01. The predicted molar refractivity (Wildman–Crippen MR) is 76.2 cm³/mol. The van der Waals surface area contributed by atoms with E-state index < -0.39 is 4.92 Å². The van der Waals surface area contributed by atoms with Gasteiger partial charge in [-0.25, -0.2) is 0 Å². The Morgan fingerprint density at radius 1 is 1.21 bits per heavy atom. The first-order valence-corrected chi connectivity index (χ1v) is 6.31. The van der Waals surface area contributed by atoms with Gasteiger partial charge in [-0.15, -0.1) is 0 Å². The number of phenolic OH excluding ortho intramolecular Hbond substituents is 1. The molecule has 0 radical (unpaired) electrons. The van der Waals surface area contributed by atoms with Crippen molar-refractivity contribution < 1.29 is 10.0 Å². The first-order valence-electron chi connectivity index (χ1n) is 5.52. The van der Waals surface area contributed by atoms with Crippen molar-refractivity contribution >= 4 is 27.3 Å². The van der Waals surface area contributed by atoms with Crippen LogP contribution in [0.25, 0.3) is 0 Å². The van der Waals surface area contributed by atoms with E-state index in [2.05, 4.69) is 21.2 Å². The zero-order valence-corrected chi connectivity index (χ0v) is 11.4. The highest BCUT2D eigenvalue weighted by Gasteiger charge is 2.09. The van der Waals surface area contributed by atoms with Gasteiger partial charge in [-0.1, -0.05) is 12.1 Å². The number of nitro benzene ring substituents is 1. The molecule has 0 unspecified atom stereocenters. The molecule has 0 aliphatic heterocycles. The Morgan fingerprint density at radius 3 is 2.53 bits per heavy atom. The van der Waals surface area contributed by atoms with E-state index in [9.17, 15) is 15.2 Å². The van der Waals surface area contributed by atoms with Crippen LogP contribution in [0.4, 0.5) is 11.4 Å². The molecule has 0 saturated heterocycles. The summed E-state index contributed by atoms with van der Waals surface area (Å²) >= 11 is 3.34. The molecule has 19 heavy (non-hydrogen) atoms. The molecule has 2 aromatic rings. The smallest absolute Gasteiger partial charge is 0.271 e. The Bertz CT molecular complexity index is 599. The van der Waals surface area contributed by atoms with Crippen LogP contribution in [0.3, 0.4) is 0 Å². The second-order valence-corrected chi connectivity index (χ2v) is 4.80. The van der Waals surface area contributed by atoms with Crippen molar-refractivity contribution in [1.82, 2.24) is 0 Å². The van der Waals surface area contributed by atoms with Crippen LogP contribution in [-0.4, -0.2) is 10.0 Å². The highest BCUT2D eigenvalue weighted by atomic mass is 79.9. The molecule has 2 rings (SSSR count). The van der Waals surface area contributed by atoms with E-state index in [1.54, 1.807) is 30.3 Å². The highest BCUT2D eigenvalue weighted by molar-refractivity contribution is 9.10. The summed E-state index contributed by atoms with van der Waals surface area (Å²) in [6, 6.07) is 11.3. The lowest BCUT2D eigenvalue weighted by Gasteiger charge is -2.08. The highest BCUT2D eigenvalue weighted by Crippen LogP contribution is 2.27. The molecule has 98 valence electrons. The van der Waals surface area contributed by atoms with E-state index in [-0.39, 0.29) is 11.4 Å². The number of nitrogens with one attached hydrogen (secondary N) is 1. The summed E-state index contributed by atoms with van der Waals surface area (Å²) in [5.41, 5.74) is 1.66. The molecule has 0 aliphatic rings. The molecule has 0 fully saturated rings. The molecule has 0 heterocycles. The average molecular weight is 323 g/mol. The molecule has 0 spiro atoms. The Morgan fingerprint density at radius 2 is 1.89 bits per heavy atom. The molecule has 2 N–H and O–H groups in total. The maximum Gasteiger partial charge on any atom is 0.271 e. The van der Waals surface area contributed by atoms with E-state index in [0.29, 0.717) is 12.2 Å². The van der Waals surface area contributed by atoms with Gasteiger partial charge in [0.2, 0.25) is 0 Å². The molecule has 0 bridgehead atoms. The van der Waals surface area contributed by atoms with Gasteiger partial charge in [0, 0.05) is 23.2 Å². The monoisotopic (exact) mass is 322 g/mol. The molecule has 0 amide bonds. The number of nitro groups is 1. The number of benzene rings is 2. The summed E-state index contributed by atoms with van der Waals surface area (Å²) in [7, 11) is 0. The number of rotatable bonds is 4. The van der Waals surface area contributed by atoms with Gasteiger partial charge < -0.3 is 10.4 Å². The number of anilines is 1. The van der Waals surface area contributed by atoms with Gasteiger partial charge in [0.25, 0.3) is 5.69 Å². The number of hydrogen-bond donors (Lipinski definition) is 2. The average Bonchev–Trinajstić information content (AvgIpc) is 2.39. The fourth-order valence-corrected chi connectivity index (χ4v) is 1.96. The quantitative estimate of drug-likeness (QED) is 0.665.